The number of nitrogens with zero attached hydrogens (tertiary/aromatic N) is 1. The number of rotatable bonds is 2. The molecule has 4 heteroatoms. The number of aromatic nitrogens is 1. The molecule has 15 heavy (non-hydrogen) atoms. The van der Waals surface area contributed by atoms with E-state index in [0.717, 1.165) is 10.9 Å². The van der Waals surface area contributed by atoms with E-state index in [-0.39, 0.29) is 25.3 Å². The van der Waals surface area contributed by atoms with Gasteiger partial charge < -0.3 is 5.11 Å². The second-order valence-electron chi connectivity index (χ2n) is 3.07. The van der Waals surface area contributed by atoms with Gasteiger partial charge in [-0.2, -0.15) is 0 Å². The summed E-state index contributed by atoms with van der Waals surface area (Å²) in [5.41, 5.74) is 1.43. The van der Waals surface area contributed by atoms with Crippen molar-refractivity contribution in [3.63, 3.8) is 0 Å². The van der Waals surface area contributed by atoms with Crippen LogP contribution in [0.25, 0.3) is 10.9 Å². The molecular formula is C11H9LiNO2. The molecule has 0 aliphatic carbocycles. The zero-order valence-corrected chi connectivity index (χ0v) is 8.47. The SMILES string of the molecule is O=C(O)Cc1ccc2ccccc2n1.[Li]. The second kappa shape index (κ2) is 4.97. The molecule has 1 aromatic carbocycles. The summed E-state index contributed by atoms with van der Waals surface area (Å²) >= 11 is 0. The molecule has 0 fully saturated rings. The van der Waals surface area contributed by atoms with Crippen molar-refractivity contribution < 1.29 is 9.90 Å². The van der Waals surface area contributed by atoms with Crippen LogP contribution >= 0.6 is 0 Å². The molecule has 0 spiro atoms. The molecule has 0 amide bonds. The minimum atomic E-state index is -0.854. The maximum atomic E-state index is 10.5. The summed E-state index contributed by atoms with van der Waals surface area (Å²) in [5.74, 6) is -0.854. The Kier molecular flexibility index (Phi) is 3.90. The molecule has 0 aliphatic rings. The van der Waals surface area contributed by atoms with Gasteiger partial charge in [0, 0.05) is 24.2 Å². The van der Waals surface area contributed by atoms with Crippen LogP contribution in [0.3, 0.4) is 0 Å². The quantitative estimate of drug-likeness (QED) is 0.736. The summed E-state index contributed by atoms with van der Waals surface area (Å²) in [6, 6.07) is 11.3. The normalized spacial score (nSPS) is 9.60. The number of pyridine rings is 1. The predicted octanol–water partition coefficient (Wildman–Crippen LogP) is 1.48. The molecule has 0 unspecified atom stereocenters. The second-order valence-corrected chi connectivity index (χ2v) is 3.07. The third-order valence-corrected chi connectivity index (χ3v) is 1.99. The topological polar surface area (TPSA) is 50.2 Å². The third kappa shape index (κ3) is 2.82. The molecule has 1 radical (unpaired) electrons. The van der Waals surface area contributed by atoms with E-state index < -0.39 is 5.97 Å². The van der Waals surface area contributed by atoms with Gasteiger partial charge in [0.25, 0.3) is 0 Å². The molecule has 0 bridgehead atoms. The number of aliphatic carboxylic acids is 1. The van der Waals surface area contributed by atoms with Crippen molar-refractivity contribution in [1.82, 2.24) is 4.98 Å². The third-order valence-electron chi connectivity index (χ3n) is 1.99. The fourth-order valence-electron chi connectivity index (χ4n) is 1.36. The van der Waals surface area contributed by atoms with Crippen molar-refractivity contribution in [3.8, 4) is 0 Å². The van der Waals surface area contributed by atoms with Crippen LogP contribution < -0.4 is 0 Å². The number of hydrogen-bond acceptors (Lipinski definition) is 2. The van der Waals surface area contributed by atoms with Crippen molar-refractivity contribution >= 4 is 35.7 Å². The first kappa shape index (κ1) is 11.8. The molecule has 0 aliphatic heterocycles. The molecule has 1 N–H and O–H groups in total. The van der Waals surface area contributed by atoms with Gasteiger partial charge in [-0.3, -0.25) is 9.78 Å². The number of hydrogen-bond donors (Lipinski definition) is 1. The van der Waals surface area contributed by atoms with Gasteiger partial charge in [0.1, 0.15) is 0 Å². The van der Waals surface area contributed by atoms with E-state index >= 15 is 0 Å². The van der Waals surface area contributed by atoms with Crippen molar-refractivity contribution in [1.29, 1.82) is 0 Å². The number of carbonyl (C=O) groups is 1. The van der Waals surface area contributed by atoms with Crippen LogP contribution in [0, 0.1) is 0 Å². The number of carboxylic acids is 1. The zero-order chi connectivity index (χ0) is 9.97. The molecule has 0 saturated heterocycles. The van der Waals surface area contributed by atoms with E-state index in [1.165, 1.54) is 0 Å². The summed E-state index contributed by atoms with van der Waals surface area (Å²) in [4.78, 5) is 14.7. The number of carboxylic acid groups (broad SMARTS) is 1. The summed E-state index contributed by atoms with van der Waals surface area (Å²) < 4.78 is 0. The molecule has 71 valence electrons. The molecule has 0 saturated carbocycles. The Balaban J connectivity index is 0.00000112. The molecule has 0 atom stereocenters. The first-order valence-corrected chi connectivity index (χ1v) is 4.32. The van der Waals surface area contributed by atoms with Crippen LogP contribution in [0.4, 0.5) is 0 Å². The smallest absolute Gasteiger partial charge is 0.309 e. The van der Waals surface area contributed by atoms with Gasteiger partial charge >= 0.3 is 5.97 Å². The first-order valence-electron chi connectivity index (χ1n) is 4.32. The van der Waals surface area contributed by atoms with Crippen molar-refractivity contribution in [2.75, 3.05) is 0 Å². The number of fused-ring (bicyclic) bond motifs is 1. The van der Waals surface area contributed by atoms with Gasteiger partial charge in [-0.05, 0) is 12.1 Å². The van der Waals surface area contributed by atoms with Gasteiger partial charge in [-0.1, -0.05) is 24.3 Å². The molecular weight excluding hydrogens is 185 g/mol. The molecule has 3 nitrogen and oxygen atoms in total. The summed E-state index contributed by atoms with van der Waals surface area (Å²) in [6.45, 7) is 0. The van der Waals surface area contributed by atoms with Crippen molar-refractivity contribution in [2.24, 2.45) is 0 Å². The number of para-hydroxylation sites is 1. The van der Waals surface area contributed by atoms with Crippen LogP contribution in [-0.4, -0.2) is 34.9 Å². The van der Waals surface area contributed by atoms with Crippen LogP contribution in [0.5, 0.6) is 0 Å². The minimum Gasteiger partial charge on any atom is -0.481 e. The van der Waals surface area contributed by atoms with Crippen LogP contribution in [0.1, 0.15) is 5.69 Å². The van der Waals surface area contributed by atoms with Crippen LogP contribution in [0.2, 0.25) is 0 Å². The van der Waals surface area contributed by atoms with Crippen LogP contribution in [-0.2, 0) is 11.2 Å². The fourth-order valence-corrected chi connectivity index (χ4v) is 1.36. The maximum absolute atomic E-state index is 10.5. The zero-order valence-electron chi connectivity index (χ0n) is 8.47. The Morgan fingerprint density at radius 3 is 2.67 bits per heavy atom. The maximum Gasteiger partial charge on any atom is 0.309 e. The Bertz CT molecular complexity index is 485. The standard InChI is InChI=1S/C11H9NO2.Li/c13-11(14)7-9-6-5-8-3-1-2-4-10(8)12-9;/h1-6H,7H2,(H,13,14);. The summed E-state index contributed by atoms with van der Waals surface area (Å²) in [5, 5.41) is 9.63. The van der Waals surface area contributed by atoms with E-state index in [1.807, 2.05) is 30.3 Å². The average molecular weight is 194 g/mol. The van der Waals surface area contributed by atoms with E-state index in [9.17, 15) is 4.79 Å². The van der Waals surface area contributed by atoms with E-state index in [4.69, 9.17) is 5.11 Å². The number of benzene rings is 1. The van der Waals surface area contributed by atoms with Gasteiger partial charge in [-0.25, -0.2) is 0 Å². The van der Waals surface area contributed by atoms with Gasteiger partial charge in [-0.15, -0.1) is 0 Å². The Hall–Kier alpha value is -1.30. The molecule has 1 heterocycles. The Morgan fingerprint density at radius 1 is 1.20 bits per heavy atom. The molecule has 2 rings (SSSR count). The first-order chi connectivity index (χ1) is 6.75. The average Bonchev–Trinajstić information content (AvgIpc) is 2.17. The van der Waals surface area contributed by atoms with E-state index in [1.54, 1.807) is 6.07 Å². The van der Waals surface area contributed by atoms with Crippen molar-refractivity contribution in [3.05, 3.63) is 42.1 Å². The van der Waals surface area contributed by atoms with E-state index in [0.29, 0.717) is 5.69 Å². The largest absolute Gasteiger partial charge is 0.481 e. The fraction of sp³-hybridized carbons (Fsp3) is 0.0909. The predicted molar refractivity (Wildman–Crippen MR) is 58.8 cm³/mol. The molecule has 1 aromatic heterocycles. The van der Waals surface area contributed by atoms with Gasteiger partial charge in [0.2, 0.25) is 0 Å². The summed E-state index contributed by atoms with van der Waals surface area (Å²) in [7, 11) is 0. The van der Waals surface area contributed by atoms with E-state index in [2.05, 4.69) is 4.98 Å². The summed E-state index contributed by atoms with van der Waals surface area (Å²) in [6.07, 6.45) is -0.0230. The minimum absolute atomic E-state index is 0. The van der Waals surface area contributed by atoms with Gasteiger partial charge in [0.15, 0.2) is 0 Å². The Labute approximate surface area is 99.3 Å². The monoisotopic (exact) mass is 194 g/mol. The van der Waals surface area contributed by atoms with Crippen LogP contribution in [0.15, 0.2) is 36.4 Å². The molecule has 2 aromatic rings. The van der Waals surface area contributed by atoms with Crippen molar-refractivity contribution in [2.45, 2.75) is 6.42 Å². The Morgan fingerprint density at radius 2 is 1.93 bits per heavy atom. The van der Waals surface area contributed by atoms with Gasteiger partial charge in [0.05, 0.1) is 17.6 Å².